The lowest BCUT2D eigenvalue weighted by atomic mass is 10.0. The first-order chi connectivity index (χ1) is 10.5. The van der Waals surface area contributed by atoms with E-state index in [1.807, 2.05) is 6.92 Å². The summed E-state index contributed by atoms with van der Waals surface area (Å²) in [5.74, 6) is 0.0906. The molecule has 0 saturated carbocycles. The van der Waals surface area contributed by atoms with Gasteiger partial charge in [-0.1, -0.05) is 0 Å². The highest BCUT2D eigenvalue weighted by Crippen LogP contribution is 2.29. The lowest BCUT2D eigenvalue weighted by Gasteiger charge is -2.20. The fourth-order valence-corrected chi connectivity index (χ4v) is 2.61. The molecule has 2 aromatic heterocycles. The molecule has 0 spiro atoms. The highest BCUT2D eigenvalue weighted by molar-refractivity contribution is 5.81. The molecule has 2 aromatic rings. The number of ether oxygens (including phenoxy) is 1. The SMILES string of the molecule is Cc1cc2ncn(C(F)F)c2c(O[C@H](C)[C@H]2CNC(=O)C2)n1. The molecule has 1 aliphatic rings. The van der Waals surface area contributed by atoms with Gasteiger partial charge in [-0.05, 0) is 19.9 Å². The molecule has 3 heterocycles. The summed E-state index contributed by atoms with van der Waals surface area (Å²) in [6.07, 6.45) is 1.12. The van der Waals surface area contributed by atoms with Gasteiger partial charge in [0, 0.05) is 24.6 Å². The predicted molar refractivity (Wildman–Crippen MR) is 74.7 cm³/mol. The van der Waals surface area contributed by atoms with Gasteiger partial charge in [-0.25, -0.2) is 9.97 Å². The van der Waals surface area contributed by atoms with E-state index >= 15 is 0 Å². The van der Waals surface area contributed by atoms with Gasteiger partial charge in [0.15, 0.2) is 0 Å². The van der Waals surface area contributed by atoms with Gasteiger partial charge in [0.2, 0.25) is 11.8 Å². The van der Waals surface area contributed by atoms with Gasteiger partial charge in [-0.2, -0.15) is 8.78 Å². The van der Waals surface area contributed by atoms with Crippen molar-refractivity contribution in [1.29, 1.82) is 0 Å². The van der Waals surface area contributed by atoms with Crippen LogP contribution in [0.1, 0.15) is 25.6 Å². The number of hydrogen-bond donors (Lipinski definition) is 1. The number of halogens is 2. The molecular weight excluding hydrogens is 294 g/mol. The Balaban J connectivity index is 1.95. The molecule has 0 aliphatic carbocycles. The number of hydrogen-bond acceptors (Lipinski definition) is 4. The van der Waals surface area contributed by atoms with Crippen LogP contribution in [-0.2, 0) is 4.79 Å². The average molecular weight is 310 g/mol. The first-order valence-electron chi connectivity index (χ1n) is 7.01. The number of aryl methyl sites for hydroxylation is 1. The first kappa shape index (κ1) is 14.7. The largest absolute Gasteiger partial charge is 0.473 e. The molecule has 1 amide bonds. The second kappa shape index (κ2) is 5.51. The smallest absolute Gasteiger partial charge is 0.320 e. The molecule has 8 heteroatoms. The molecular formula is C14H16F2N4O2. The Bertz CT molecular complexity index is 716. The fraction of sp³-hybridized carbons (Fsp3) is 0.500. The van der Waals surface area contributed by atoms with E-state index < -0.39 is 6.55 Å². The summed E-state index contributed by atoms with van der Waals surface area (Å²) < 4.78 is 32.7. The average Bonchev–Trinajstić information content (AvgIpc) is 3.04. The van der Waals surface area contributed by atoms with E-state index in [1.54, 1.807) is 13.0 Å². The zero-order valence-electron chi connectivity index (χ0n) is 12.2. The standard InChI is InChI=1S/C14H16F2N4O2/c1-7-3-10-12(20(6-18-10)14(15)16)13(19-7)22-8(2)9-4-11(21)17-5-9/h3,6,8-9,14H,4-5H2,1-2H3,(H,17,21)/t8-,9-/m1/s1. The number of nitrogens with one attached hydrogen (secondary N) is 1. The van der Waals surface area contributed by atoms with Gasteiger partial charge in [-0.3, -0.25) is 9.36 Å². The minimum absolute atomic E-state index is 0.00668. The summed E-state index contributed by atoms with van der Waals surface area (Å²) in [6, 6.07) is 1.63. The molecule has 0 bridgehead atoms. The van der Waals surface area contributed by atoms with Crippen molar-refractivity contribution in [1.82, 2.24) is 19.9 Å². The minimum atomic E-state index is -2.72. The van der Waals surface area contributed by atoms with Gasteiger partial charge in [0.05, 0.1) is 5.52 Å². The van der Waals surface area contributed by atoms with Crippen LogP contribution in [0.25, 0.3) is 11.0 Å². The summed E-state index contributed by atoms with van der Waals surface area (Å²) in [5, 5.41) is 2.73. The molecule has 6 nitrogen and oxygen atoms in total. The molecule has 1 aliphatic heterocycles. The van der Waals surface area contributed by atoms with Crippen molar-refractivity contribution in [3.8, 4) is 5.88 Å². The maximum Gasteiger partial charge on any atom is 0.320 e. The molecule has 0 radical (unpaired) electrons. The quantitative estimate of drug-likeness (QED) is 0.938. The van der Waals surface area contributed by atoms with Crippen molar-refractivity contribution >= 4 is 16.9 Å². The van der Waals surface area contributed by atoms with Crippen LogP contribution in [0.5, 0.6) is 5.88 Å². The third kappa shape index (κ3) is 2.60. The molecule has 0 aromatic carbocycles. The van der Waals surface area contributed by atoms with Gasteiger partial charge < -0.3 is 10.1 Å². The van der Waals surface area contributed by atoms with E-state index in [0.717, 1.165) is 10.9 Å². The van der Waals surface area contributed by atoms with Gasteiger partial charge in [0.25, 0.3) is 0 Å². The monoisotopic (exact) mass is 310 g/mol. The summed E-state index contributed by atoms with van der Waals surface area (Å²) in [7, 11) is 0. The van der Waals surface area contributed by atoms with Crippen LogP contribution in [0, 0.1) is 12.8 Å². The minimum Gasteiger partial charge on any atom is -0.473 e. The Morgan fingerprint density at radius 3 is 2.91 bits per heavy atom. The predicted octanol–water partition coefficient (Wildman–Crippen LogP) is 2.04. The van der Waals surface area contributed by atoms with Gasteiger partial charge >= 0.3 is 6.55 Å². The molecule has 3 rings (SSSR count). The lowest BCUT2D eigenvalue weighted by Crippen LogP contribution is -2.26. The molecule has 118 valence electrons. The van der Waals surface area contributed by atoms with Crippen molar-refractivity contribution in [2.24, 2.45) is 5.92 Å². The fourth-order valence-electron chi connectivity index (χ4n) is 2.61. The van der Waals surface area contributed by atoms with Crippen LogP contribution in [0.2, 0.25) is 0 Å². The van der Waals surface area contributed by atoms with Gasteiger partial charge in [0.1, 0.15) is 17.9 Å². The Labute approximate surface area is 125 Å². The normalized spacial score (nSPS) is 19.7. The molecule has 22 heavy (non-hydrogen) atoms. The third-order valence-electron chi connectivity index (χ3n) is 3.83. The number of pyridine rings is 1. The highest BCUT2D eigenvalue weighted by Gasteiger charge is 2.29. The Kier molecular flexibility index (Phi) is 3.67. The number of rotatable bonds is 4. The van der Waals surface area contributed by atoms with Crippen LogP contribution < -0.4 is 10.1 Å². The Hall–Kier alpha value is -2.25. The topological polar surface area (TPSA) is 69.0 Å². The van der Waals surface area contributed by atoms with Crippen molar-refractivity contribution in [3.63, 3.8) is 0 Å². The second-order valence-electron chi connectivity index (χ2n) is 5.46. The number of aromatic nitrogens is 3. The number of carbonyl (C=O) groups excluding carboxylic acids is 1. The van der Waals surface area contributed by atoms with E-state index in [-0.39, 0.29) is 29.3 Å². The summed E-state index contributed by atoms with van der Waals surface area (Å²) in [4.78, 5) is 19.5. The van der Waals surface area contributed by atoms with E-state index in [2.05, 4.69) is 15.3 Å². The first-order valence-corrected chi connectivity index (χ1v) is 7.01. The van der Waals surface area contributed by atoms with Crippen molar-refractivity contribution in [2.45, 2.75) is 32.9 Å². The van der Waals surface area contributed by atoms with E-state index in [0.29, 0.717) is 24.2 Å². The molecule has 1 fully saturated rings. The second-order valence-corrected chi connectivity index (χ2v) is 5.46. The lowest BCUT2D eigenvalue weighted by molar-refractivity contribution is -0.119. The zero-order valence-corrected chi connectivity index (χ0v) is 12.2. The van der Waals surface area contributed by atoms with E-state index in [9.17, 15) is 13.6 Å². The van der Waals surface area contributed by atoms with Crippen LogP contribution >= 0.6 is 0 Å². The highest BCUT2D eigenvalue weighted by atomic mass is 19.3. The zero-order chi connectivity index (χ0) is 15.9. The van der Waals surface area contributed by atoms with E-state index in [1.165, 1.54) is 0 Å². The van der Waals surface area contributed by atoms with Crippen LogP contribution in [0.4, 0.5) is 8.78 Å². The maximum absolute atomic E-state index is 13.1. The Morgan fingerprint density at radius 1 is 1.50 bits per heavy atom. The summed E-state index contributed by atoms with van der Waals surface area (Å²) in [5.41, 5.74) is 1.22. The van der Waals surface area contributed by atoms with Crippen molar-refractivity contribution in [3.05, 3.63) is 18.1 Å². The third-order valence-corrected chi connectivity index (χ3v) is 3.83. The maximum atomic E-state index is 13.1. The van der Waals surface area contributed by atoms with Crippen molar-refractivity contribution in [2.75, 3.05) is 6.54 Å². The molecule has 1 N–H and O–H groups in total. The number of fused-ring (bicyclic) bond motifs is 1. The van der Waals surface area contributed by atoms with E-state index in [4.69, 9.17) is 4.74 Å². The summed E-state index contributed by atoms with van der Waals surface area (Å²) in [6.45, 7) is 1.35. The number of nitrogens with zero attached hydrogens (tertiary/aromatic N) is 3. The molecule has 2 atom stereocenters. The van der Waals surface area contributed by atoms with Crippen LogP contribution in [0.15, 0.2) is 12.4 Å². The number of carbonyl (C=O) groups is 1. The number of imidazole rings is 1. The van der Waals surface area contributed by atoms with Gasteiger partial charge in [-0.15, -0.1) is 0 Å². The van der Waals surface area contributed by atoms with Crippen molar-refractivity contribution < 1.29 is 18.3 Å². The Morgan fingerprint density at radius 2 is 2.27 bits per heavy atom. The number of alkyl halides is 2. The van der Waals surface area contributed by atoms with Crippen LogP contribution in [-0.4, -0.2) is 33.1 Å². The van der Waals surface area contributed by atoms with Crippen LogP contribution in [0.3, 0.4) is 0 Å². The number of amides is 1. The molecule has 1 saturated heterocycles. The summed E-state index contributed by atoms with van der Waals surface area (Å²) >= 11 is 0. The molecule has 0 unspecified atom stereocenters.